The summed E-state index contributed by atoms with van der Waals surface area (Å²) < 4.78 is 4.89. The molecule has 2 aromatic heterocycles. The van der Waals surface area contributed by atoms with Gasteiger partial charge in [-0.05, 0) is 11.4 Å². The summed E-state index contributed by atoms with van der Waals surface area (Å²) in [5, 5.41) is 5.37. The molecule has 1 N–H and O–H groups in total. The molecule has 1 amide bonds. The van der Waals surface area contributed by atoms with E-state index in [4.69, 9.17) is 10.3 Å². The SMILES string of the molecule is [NH]C(=O)c1cc(-c2cccs2)on1. The van der Waals surface area contributed by atoms with Crippen molar-refractivity contribution in [1.29, 1.82) is 0 Å². The second-order valence-electron chi connectivity index (χ2n) is 2.38. The summed E-state index contributed by atoms with van der Waals surface area (Å²) in [6.07, 6.45) is 0. The molecule has 4 nitrogen and oxygen atoms in total. The predicted octanol–water partition coefficient (Wildman–Crippen LogP) is 1.83. The fourth-order valence-corrected chi connectivity index (χ4v) is 1.59. The van der Waals surface area contributed by atoms with Crippen molar-refractivity contribution in [2.24, 2.45) is 0 Å². The molecule has 2 rings (SSSR count). The summed E-state index contributed by atoms with van der Waals surface area (Å²) in [7, 11) is 0. The monoisotopic (exact) mass is 193 g/mol. The van der Waals surface area contributed by atoms with Gasteiger partial charge in [-0.1, -0.05) is 11.2 Å². The molecule has 0 spiro atoms. The Morgan fingerprint density at radius 2 is 2.46 bits per heavy atom. The molecule has 0 bridgehead atoms. The van der Waals surface area contributed by atoms with Gasteiger partial charge < -0.3 is 4.52 Å². The third kappa shape index (κ3) is 1.46. The van der Waals surface area contributed by atoms with Crippen molar-refractivity contribution in [3.8, 4) is 10.6 Å². The van der Waals surface area contributed by atoms with E-state index in [1.807, 2.05) is 17.5 Å². The number of carbonyl (C=O) groups excluding carboxylic acids is 1. The van der Waals surface area contributed by atoms with E-state index in [2.05, 4.69) is 5.16 Å². The van der Waals surface area contributed by atoms with Crippen LogP contribution in [0, 0.1) is 0 Å². The molecule has 13 heavy (non-hydrogen) atoms. The van der Waals surface area contributed by atoms with Crippen LogP contribution >= 0.6 is 11.3 Å². The van der Waals surface area contributed by atoms with Gasteiger partial charge in [0.15, 0.2) is 11.5 Å². The van der Waals surface area contributed by atoms with Crippen LogP contribution in [0.5, 0.6) is 0 Å². The maximum Gasteiger partial charge on any atom is 0.291 e. The van der Waals surface area contributed by atoms with E-state index in [0.717, 1.165) is 4.88 Å². The summed E-state index contributed by atoms with van der Waals surface area (Å²) in [5.41, 5.74) is 6.84. The zero-order chi connectivity index (χ0) is 9.26. The smallest absolute Gasteiger partial charge is 0.291 e. The third-order valence-electron chi connectivity index (χ3n) is 1.51. The Morgan fingerprint density at radius 3 is 3.00 bits per heavy atom. The minimum atomic E-state index is -0.827. The van der Waals surface area contributed by atoms with Crippen LogP contribution in [0.15, 0.2) is 28.1 Å². The van der Waals surface area contributed by atoms with Gasteiger partial charge in [0.1, 0.15) is 0 Å². The highest BCUT2D eigenvalue weighted by Gasteiger charge is 2.11. The Hall–Kier alpha value is -1.62. The van der Waals surface area contributed by atoms with E-state index in [0.29, 0.717) is 5.76 Å². The predicted molar refractivity (Wildman–Crippen MR) is 47.2 cm³/mol. The standard InChI is InChI=1S/C8H5N2O2S/c9-8(11)5-4-6(12-10-5)7-2-1-3-13-7/h1-4,9H. The first-order chi connectivity index (χ1) is 6.27. The average molecular weight is 193 g/mol. The number of amides is 1. The Labute approximate surface area is 78.0 Å². The number of carbonyl (C=O) groups is 1. The van der Waals surface area contributed by atoms with E-state index in [1.54, 1.807) is 0 Å². The molecule has 65 valence electrons. The minimum absolute atomic E-state index is 0.0448. The number of hydrogen-bond acceptors (Lipinski definition) is 4. The highest BCUT2D eigenvalue weighted by atomic mass is 32.1. The molecule has 0 aliphatic carbocycles. The quantitative estimate of drug-likeness (QED) is 0.730. The van der Waals surface area contributed by atoms with E-state index < -0.39 is 5.91 Å². The fraction of sp³-hybridized carbons (Fsp3) is 0. The fourth-order valence-electron chi connectivity index (χ4n) is 0.917. The Morgan fingerprint density at radius 1 is 1.62 bits per heavy atom. The van der Waals surface area contributed by atoms with Crippen molar-refractivity contribution in [2.45, 2.75) is 0 Å². The summed E-state index contributed by atoms with van der Waals surface area (Å²) >= 11 is 1.49. The van der Waals surface area contributed by atoms with E-state index in [1.165, 1.54) is 17.4 Å². The number of hydrogen-bond donors (Lipinski definition) is 0. The van der Waals surface area contributed by atoms with E-state index >= 15 is 0 Å². The van der Waals surface area contributed by atoms with Gasteiger partial charge >= 0.3 is 0 Å². The highest BCUT2D eigenvalue weighted by Crippen LogP contribution is 2.24. The van der Waals surface area contributed by atoms with E-state index in [9.17, 15) is 4.79 Å². The molecule has 0 aromatic carbocycles. The molecular formula is C8H5N2O2S. The lowest BCUT2D eigenvalue weighted by atomic mass is 10.3. The van der Waals surface area contributed by atoms with Crippen LogP contribution in [-0.4, -0.2) is 11.1 Å². The van der Waals surface area contributed by atoms with Gasteiger partial charge in [-0.15, -0.1) is 11.3 Å². The molecule has 0 saturated carbocycles. The first-order valence-electron chi connectivity index (χ1n) is 3.54. The minimum Gasteiger partial charge on any atom is -0.355 e. The zero-order valence-electron chi connectivity index (χ0n) is 6.48. The largest absolute Gasteiger partial charge is 0.355 e. The topological polar surface area (TPSA) is 66.9 Å². The normalized spacial score (nSPS) is 10.2. The van der Waals surface area contributed by atoms with Gasteiger partial charge in [0, 0.05) is 6.07 Å². The van der Waals surface area contributed by atoms with Crippen molar-refractivity contribution in [3.63, 3.8) is 0 Å². The van der Waals surface area contributed by atoms with Gasteiger partial charge in [-0.25, -0.2) is 0 Å². The Bertz CT molecular complexity index is 419. The van der Waals surface area contributed by atoms with Crippen LogP contribution < -0.4 is 5.73 Å². The second kappa shape index (κ2) is 3.02. The lowest BCUT2D eigenvalue weighted by molar-refractivity contribution is 0.0983. The van der Waals surface area contributed by atoms with E-state index in [-0.39, 0.29) is 5.69 Å². The number of thiophene rings is 1. The van der Waals surface area contributed by atoms with Gasteiger partial charge in [0.05, 0.1) is 4.88 Å². The van der Waals surface area contributed by atoms with Crippen molar-refractivity contribution < 1.29 is 9.32 Å². The molecular weight excluding hydrogens is 188 g/mol. The third-order valence-corrected chi connectivity index (χ3v) is 2.39. The zero-order valence-corrected chi connectivity index (χ0v) is 7.30. The maximum atomic E-state index is 10.6. The van der Waals surface area contributed by atoms with Crippen LogP contribution in [0.4, 0.5) is 0 Å². The van der Waals surface area contributed by atoms with Crippen LogP contribution in [0.25, 0.3) is 10.6 Å². The van der Waals surface area contributed by atoms with Crippen molar-refractivity contribution in [1.82, 2.24) is 10.9 Å². The van der Waals surface area contributed by atoms with Gasteiger partial charge in [-0.3, -0.25) is 10.5 Å². The number of aromatic nitrogens is 1. The Balaban J connectivity index is 2.39. The average Bonchev–Trinajstić information content (AvgIpc) is 2.75. The van der Waals surface area contributed by atoms with Crippen molar-refractivity contribution in [2.75, 3.05) is 0 Å². The molecule has 0 aliphatic heterocycles. The van der Waals surface area contributed by atoms with Crippen molar-refractivity contribution in [3.05, 3.63) is 29.3 Å². The van der Waals surface area contributed by atoms with Crippen LogP contribution in [-0.2, 0) is 0 Å². The lowest BCUT2D eigenvalue weighted by Gasteiger charge is -1.82. The molecule has 0 fully saturated rings. The molecule has 2 aromatic rings. The Kier molecular flexibility index (Phi) is 1.86. The molecule has 0 unspecified atom stereocenters. The molecule has 0 atom stereocenters. The summed E-state index contributed by atoms with van der Waals surface area (Å²) in [4.78, 5) is 11.5. The van der Waals surface area contributed by atoms with Crippen LogP contribution in [0.3, 0.4) is 0 Å². The van der Waals surface area contributed by atoms with Crippen LogP contribution in [0.1, 0.15) is 10.5 Å². The number of nitrogens with zero attached hydrogens (tertiary/aromatic N) is 1. The second-order valence-corrected chi connectivity index (χ2v) is 3.33. The highest BCUT2D eigenvalue weighted by molar-refractivity contribution is 7.13. The molecule has 5 heteroatoms. The lowest BCUT2D eigenvalue weighted by Crippen LogP contribution is -1.97. The van der Waals surface area contributed by atoms with Gasteiger partial charge in [-0.2, -0.15) is 0 Å². The first kappa shape index (κ1) is 8.00. The van der Waals surface area contributed by atoms with Gasteiger partial charge in [0.2, 0.25) is 0 Å². The van der Waals surface area contributed by atoms with Gasteiger partial charge in [0.25, 0.3) is 5.91 Å². The summed E-state index contributed by atoms with van der Waals surface area (Å²) in [5.74, 6) is -0.294. The number of rotatable bonds is 2. The molecule has 0 saturated heterocycles. The van der Waals surface area contributed by atoms with Crippen LogP contribution in [0.2, 0.25) is 0 Å². The first-order valence-corrected chi connectivity index (χ1v) is 4.42. The molecule has 2 heterocycles. The molecule has 0 aliphatic rings. The maximum absolute atomic E-state index is 10.6. The molecule has 1 radical (unpaired) electrons. The van der Waals surface area contributed by atoms with Crippen molar-refractivity contribution >= 4 is 17.2 Å². The number of nitrogens with one attached hydrogen (secondary N) is 1. The summed E-state index contributed by atoms with van der Waals surface area (Å²) in [6, 6.07) is 5.22. The summed E-state index contributed by atoms with van der Waals surface area (Å²) in [6.45, 7) is 0.